The molecule has 0 unspecified atom stereocenters. The number of aryl methyl sites for hydroxylation is 3. The first kappa shape index (κ1) is 36.1. The van der Waals surface area contributed by atoms with Crippen LogP contribution in [0.1, 0.15) is 68.7 Å². The van der Waals surface area contributed by atoms with Gasteiger partial charge in [0.05, 0.1) is 17.3 Å². The molecule has 0 fully saturated rings. The zero-order valence-corrected chi connectivity index (χ0v) is 27.2. The summed E-state index contributed by atoms with van der Waals surface area (Å²) in [4.78, 5) is 0. The number of nitrogens with two attached hydrogens (primary N) is 2. The molecule has 0 bridgehead atoms. The SMILES string of the molecule is C=C/C(C(=N)CC)=C(\C=C/CC1=CC(F)=C(C#N)CC1)CN/C(C)=C(\N)c1ccc(-c2ccc(CC)c(C)c2)cc1C.N#CN. The van der Waals surface area contributed by atoms with Crippen molar-refractivity contribution in [3.8, 4) is 23.4 Å². The Bertz CT molecular complexity index is 1650. The minimum atomic E-state index is -0.437. The highest BCUT2D eigenvalue weighted by molar-refractivity contribution is 6.01. The predicted octanol–water partition coefficient (Wildman–Crippen LogP) is 8.52. The van der Waals surface area contributed by atoms with Gasteiger partial charge in [0.2, 0.25) is 0 Å². The zero-order valence-electron chi connectivity index (χ0n) is 27.2. The smallest absolute Gasteiger partial charge is 0.173 e. The molecule has 0 saturated heterocycles. The molecule has 0 spiro atoms. The molecule has 1 aliphatic carbocycles. The van der Waals surface area contributed by atoms with Crippen molar-refractivity contribution in [3.05, 3.63) is 123 Å². The molecule has 0 radical (unpaired) electrons. The largest absolute Gasteiger partial charge is 0.397 e. The number of nitrogens with zero attached hydrogens (tertiary/aromatic N) is 2. The fraction of sp³-hybridized carbons (Fsp3) is 0.289. The second-order valence-corrected chi connectivity index (χ2v) is 10.9. The Hall–Kier alpha value is -5.14. The first-order chi connectivity index (χ1) is 21.5. The first-order valence-corrected chi connectivity index (χ1v) is 15.1. The zero-order chi connectivity index (χ0) is 33.5. The van der Waals surface area contributed by atoms with E-state index in [0.29, 0.717) is 43.6 Å². The quantitative estimate of drug-likeness (QED) is 0.0833. The van der Waals surface area contributed by atoms with Crippen molar-refractivity contribution < 1.29 is 4.39 Å². The Morgan fingerprint density at radius 3 is 2.27 bits per heavy atom. The number of hydrogen-bond acceptors (Lipinski definition) is 6. The van der Waals surface area contributed by atoms with Crippen molar-refractivity contribution in [2.24, 2.45) is 11.5 Å². The molecule has 0 saturated carbocycles. The predicted molar refractivity (Wildman–Crippen MR) is 185 cm³/mol. The molecule has 6 N–H and O–H groups in total. The van der Waals surface area contributed by atoms with E-state index < -0.39 is 5.83 Å². The first-order valence-electron chi connectivity index (χ1n) is 15.1. The second kappa shape index (κ2) is 17.9. The van der Waals surface area contributed by atoms with Crippen molar-refractivity contribution in [2.75, 3.05) is 6.54 Å². The number of allylic oxidation sites excluding steroid dienone is 8. The van der Waals surface area contributed by atoms with E-state index >= 15 is 0 Å². The molecule has 0 amide bonds. The number of hydrogen-bond donors (Lipinski definition) is 4. The van der Waals surface area contributed by atoms with Crippen LogP contribution in [0.5, 0.6) is 0 Å². The topological polar surface area (TPSA) is 136 Å². The second-order valence-electron chi connectivity index (χ2n) is 10.9. The van der Waals surface area contributed by atoms with Crippen LogP contribution in [0.2, 0.25) is 0 Å². The molecule has 2 aromatic carbocycles. The van der Waals surface area contributed by atoms with E-state index in [0.717, 1.165) is 45.5 Å². The Balaban J connectivity index is 0.00000226. The molecule has 6 nitrogen and oxygen atoms in total. The van der Waals surface area contributed by atoms with Crippen LogP contribution in [0.25, 0.3) is 16.8 Å². The van der Waals surface area contributed by atoms with Gasteiger partial charge in [0.25, 0.3) is 0 Å². The van der Waals surface area contributed by atoms with Gasteiger partial charge in [0, 0.05) is 23.5 Å². The van der Waals surface area contributed by atoms with Crippen molar-refractivity contribution in [3.63, 3.8) is 0 Å². The van der Waals surface area contributed by atoms with Gasteiger partial charge in [-0.05, 0) is 97.9 Å². The van der Waals surface area contributed by atoms with Gasteiger partial charge >= 0.3 is 0 Å². The van der Waals surface area contributed by atoms with Gasteiger partial charge in [-0.3, -0.25) is 0 Å². The van der Waals surface area contributed by atoms with Crippen LogP contribution in [0, 0.1) is 42.0 Å². The molecule has 0 atom stereocenters. The lowest BCUT2D eigenvalue weighted by atomic mass is 9.95. The standard InChI is InChI=1S/C37H43FN4.CH2N2/c1-7-28-15-16-29(19-24(28)4)30-17-18-34(25(5)20-30)37(41)26(6)42-23-32(33(8-2)36(40)9-3)12-10-11-27-13-14-31(22-39)35(38)21-27;2-1-3/h8,10,12,15-21,40,42H,2,7,9,11,13-14,23,41H2,1,3-6H3;2H2/b12-10-,33-32-,37-26-,40-36?;. The Morgan fingerprint density at radius 1 is 1.09 bits per heavy atom. The van der Waals surface area contributed by atoms with E-state index in [1.165, 1.54) is 29.0 Å². The summed E-state index contributed by atoms with van der Waals surface area (Å²) in [6.07, 6.45) is 11.7. The highest BCUT2D eigenvalue weighted by Crippen LogP contribution is 2.28. The average molecular weight is 605 g/mol. The average Bonchev–Trinajstić information content (AvgIpc) is 3.03. The highest BCUT2D eigenvalue weighted by Gasteiger charge is 2.13. The maximum Gasteiger partial charge on any atom is 0.173 e. The summed E-state index contributed by atoms with van der Waals surface area (Å²) < 4.78 is 14.1. The van der Waals surface area contributed by atoms with E-state index in [4.69, 9.17) is 21.7 Å². The summed E-state index contributed by atoms with van der Waals surface area (Å²) in [5, 5.41) is 28.0. The van der Waals surface area contributed by atoms with Gasteiger partial charge in [0.15, 0.2) is 6.19 Å². The molecule has 1 aliphatic rings. The van der Waals surface area contributed by atoms with Crippen LogP contribution in [0.4, 0.5) is 4.39 Å². The number of nitriles is 2. The lowest BCUT2D eigenvalue weighted by molar-refractivity contribution is 0.636. The molecule has 7 heteroatoms. The maximum absolute atomic E-state index is 14.1. The minimum Gasteiger partial charge on any atom is -0.397 e. The number of benzene rings is 2. The van der Waals surface area contributed by atoms with Gasteiger partial charge < -0.3 is 22.2 Å². The van der Waals surface area contributed by atoms with Gasteiger partial charge in [-0.25, -0.2) is 4.39 Å². The molecular weight excluding hydrogens is 559 g/mol. The number of rotatable bonds is 12. The van der Waals surface area contributed by atoms with Gasteiger partial charge in [-0.2, -0.15) is 10.5 Å². The van der Waals surface area contributed by atoms with Crippen molar-refractivity contribution in [1.82, 2.24) is 5.32 Å². The molecular formula is C38H45FN6. The van der Waals surface area contributed by atoms with Crippen LogP contribution in [0.15, 0.2) is 101 Å². The van der Waals surface area contributed by atoms with Crippen LogP contribution in [-0.4, -0.2) is 12.3 Å². The Morgan fingerprint density at radius 2 is 1.73 bits per heavy atom. The summed E-state index contributed by atoms with van der Waals surface area (Å²) in [5.74, 6) is -0.437. The monoisotopic (exact) mass is 604 g/mol. The normalized spacial score (nSPS) is 13.8. The summed E-state index contributed by atoms with van der Waals surface area (Å²) in [6.45, 7) is 14.7. The van der Waals surface area contributed by atoms with Crippen LogP contribution >= 0.6 is 0 Å². The summed E-state index contributed by atoms with van der Waals surface area (Å²) >= 11 is 0. The third-order valence-electron chi connectivity index (χ3n) is 7.90. The molecule has 0 heterocycles. The van der Waals surface area contributed by atoms with E-state index in [1.54, 1.807) is 6.08 Å². The van der Waals surface area contributed by atoms with Crippen LogP contribution in [0.3, 0.4) is 0 Å². The van der Waals surface area contributed by atoms with Crippen LogP contribution in [-0.2, 0) is 6.42 Å². The van der Waals surface area contributed by atoms with Crippen molar-refractivity contribution in [1.29, 1.82) is 15.9 Å². The third-order valence-corrected chi connectivity index (χ3v) is 7.90. The summed E-state index contributed by atoms with van der Waals surface area (Å²) in [5.41, 5.74) is 22.8. The number of nitrogens with one attached hydrogen (secondary N) is 2. The van der Waals surface area contributed by atoms with E-state index in [-0.39, 0.29) is 5.57 Å². The summed E-state index contributed by atoms with van der Waals surface area (Å²) in [7, 11) is 0. The van der Waals surface area contributed by atoms with Crippen molar-refractivity contribution in [2.45, 2.75) is 66.7 Å². The van der Waals surface area contributed by atoms with Crippen LogP contribution < -0.4 is 16.8 Å². The fourth-order valence-corrected chi connectivity index (χ4v) is 5.19. The molecule has 45 heavy (non-hydrogen) atoms. The van der Waals surface area contributed by atoms with Gasteiger partial charge in [-0.1, -0.05) is 80.6 Å². The third kappa shape index (κ3) is 9.95. The Labute approximate surface area is 268 Å². The van der Waals surface area contributed by atoms with Gasteiger partial charge in [-0.15, -0.1) is 0 Å². The van der Waals surface area contributed by atoms with Crippen molar-refractivity contribution >= 4 is 11.4 Å². The Kier molecular flexibility index (Phi) is 14.3. The van der Waals surface area contributed by atoms with Gasteiger partial charge in [0.1, 0.15) is 5.83 Å². The lowest BCUT2D eigenvalue weighted by Crippen LogP contribution is -2.20. The minimum absolute atomic E-state index is 0.211. The molecule has 0 aliphatic heterocycles. The number of halogens is 1. The molecule has 2 aromatic rings. The maximum atomic E-state index is 14.1. The highest BCUT2D eigenvalue weighted by atomic mass is 19.1. The van der Waals surface area contributed by atoms with E-state index in [2.05, 4.69) is 74.8 Å². The molecule has 3 rings (SSSR count). The molecule has 234 valence electrons. The van der Waals surface area contributed by atoms with E-state index in [1.807, 2.05) is 32.1 Å². The molecule has 0 aromatic heterocycles. The summed E-state index contributed by atoms with van der Waals surface area (Å²) in [6, 6.07) is 14.9. The lowest BCUT2D eigenvalue weighted by Gasteiger charge is -2.16. The van der Waals surface area contributed by atoms with E-state index in [9.17, 15) is 4.39 Å². The fourth-order valence-electron chi connectivity index (χ4n) is 5.19.